The lowest BCUT2D eigenvalue weighted by Gasteiger charge is -2.42. The maximum absolute atomic E-state index is 4.10. The smallest absolute Gasteiger partial charge is 0.198 e. The lowest BCUT2D eigenvalue weighted by molar-refractivity contribution is 0.332. The van der Waals surface area contributed by atoms with Crippen LogP contribution in [0.2, 0.25) is 0 Å². The fraction of sp³-hybridized carbons (Fsp3) is 0.276. The van der Waals surface area contributed by atoms with E-state index in [1.807, 2.05) is 22.7 Å². The number of nitrogens with zero attached hydrogens (tertiary/aromatic N) is 1. The van der Waals surface area contributed by atoms with Crippen LogP contribution >= 0.6 is 22.7 Å². The highest BCUT2D eigenvalue weighted by Crippen LogP contribution is 2.53. The molecule has 1 aliphatic heterocycles. The molecule has 4 heterocycles. The zero-order valence-electron chi connectivity index (χ0n) is 38.4. The van der Waals surface area contributed by atoms with E-state index >= 15 is 0 Å². The Morgan fingerprint density at radius 3 is 1.92 bits per heavy atom. The maximum Gasteiger partial charge on any atom is 0.198 e. The first-order valence-corrected chi connectivity index (χ1v) is 24.6. The SMILES string of the molecule is CC(C)(C)c1ccc(Nc2cc3c(cc2-c2c4c5c(c6cc(C(C)(C)C)ccc6n5-c5cc6c(cc5B4)sc4ccccc46)c4c2sc2ccccc24)C(C)(C)CCC3(C)C)cc1. The summed E-state index contributed by atoms with van der Waals surface area (Å²) < 4.78 is 8.13. The summed E-state index contributed by atoms with van der Waals surface area (Å²) in [5.74, 6) is 0. The number of fused-ring (bicyclic) bond motifs is 13. The second-order valence-corrected chi connectivity index (χ2v) is 24.2. The second-order valence-electron chi connectivity index (χ2n) is 22.1. The first-order valence-electron chi connectivity index (χ1n) is 22.9. The van der Waals surface area contributed by atoms with Crippen LogP contribution in [0, 0.1) is 0 Å². The van der Waals surface area contributed by atoms with Crippen LogP contribution in [0.5, 0.6) is 0 Å². The van der Waals surface area contributed by atoms with E-state index in [0.717, 1.165) is 13.0 Å². The van der Waals surface area contributed by atoms with Crippen LogP contribution in [0.1, 0.15) is 104 Å². The Bertz CT molecular complexity index is 3580. The molecule has 0 atom stereocenters. The maximum atomic E-state index is 4.10. The van der Waals surface area contributed by atoms with E-state index in [1.165, 1.54) is 131 Å². The molecule has 0 unspecified atom stereocenters. The largest absolute Gasteiger partial charge is 0.355 e. The van der Waals surface area contributed by atoms with Crippen LogP contribution in [0.25, 0.3) is 79.0 Å². The van der Waals surface area contributed by atoms with E-state index in [4.69, 9.17) is 0 Å². The zero-order chi connectivity index (χ0) is 43.5. The van der Waals surface area contributed by atoms with Gasteiger partial charge in [0.25, 0.3) is 0 Å². The Balaban J connectivity index is 1.25. The van der Waals surface area contributed by atoms with E-state index in [-0.39, 0.29) is 21.7 Å². The number of benzene rings is 7. The van der Waals surface area contributed by atoms with Crippen LogP contribution in [0.4, 0.5) is 11.4 Å². The van der Waals surface area contributed by atoms with Gasteiger partial charge in [-0.3, -0.25) is 0 Å². The van der Waals surface area contributed by atoms with Gasteiger partial charge >= 0.3 is 0 Å². The number of thiophene rings is 2. The molecular weight excluding hydrogens is 800 g/mol. The minimum Gasteiger partial charge on any atom is -0.355 e. The van der Waals surface area contributed by atoms with Gasteiger partial charge in [-0.15, -0.1) is 22.7 Å². The highest BCUT2D eigenvalue weighted by molar-refractivity contribution is 7.27. The van der Waals surface area contributed by atoms with E-state index in [0.29, 0.717) is 0 Å². The summed E-state index contributed by atoms with van der Waals surface area (Å²) in [6, 6.07) is 45.0. The van der Waals surface area contributed by atoms with Crippen molar-refractivity contribution in [1.82, 2.24) is 4.57 Å². The fourth-order valence-electron chi connectivity index (χ4n) is 11.2. The van der Waals surface area contributed by atoms with Gasteiger partial charge in [0.15, 0.2) is 7.28 Å². The molecule has 2 nitrogen and oxygen atoms in total. The third kappa shape index (κ3) is 5.81. The summed E-state index contributed by atoms with van der Waals surface area (Å²) in [7, 11) is 0.865. The Morgan fingerprint density at radius 2 is 1.22 bits per heavy atom. The minimum absolute atomic E-state index is 0.0103. The molecule has 0 radical (unpaired) electrons. The number of nitrogens with one attached hydrogen (secondary N) is 1. The molecule has 63 heavy (non-hydrogen) atoms. The fourth-order valence-corrected chi connectivity index (χ4v) is 13.7. The predicted molar refractivity (Wildman–Crippen MR) is 281 cm³/mol. The van der Waals surface area contributed by atoms with Crippen molar-refractivity contribution in [2.24, 2.45) is 0 Å². The number of rotatable bonds is 3. The monoisotopic (exact) mass is 854 g/mol. The number of hydrogen-bond acceptors (Lipinski definition) is 3. The molecule has 3 aromatic heterocycles. The molecule has 0 saturated carbocycles. The first-order chi connectivity index (χ1) is 30.0. The summed E-state index contributed by atoms with van der Waals surface area (Å²) in [6.45, 7) is 23.8. The van der Waals surface area contributed by atoms with Gasteiger partial charge in [0.1, 0.15) is 0 Å². The molecular formula is C58H55BN2S2. The molecule has 2 aliphatic rings. The van der Waals surface area contributed by atoms with Gasteiger partial charge in [-0.25, -0.2) is 0 Å². The minimum atomic E-state index is 0.0103. The average molecular weight is 855 g/mol. The van der Waals surface area contributed by atoms with Crippen molar-refractivity contribution in [2.75, 3.05) is 5.32 Å². The van der Waals surface area contributed by atoms with Crippen LogP contribution < -0.4 is 16.2 Å². The molecule has 0 fully saturated rings. The molecule has 10 aromatic rings. The summed E-state index contributed by atoms with van der Waals surface area (Å²) in [5, 5.41) is 12.3. The first kappa shape index (κ1) is 39.3. The van der Waals surface area contributed by atoms with E-state index in [9.17, 15) is 0 Å². The van der Waals surface area contributed by atoms with Gasteiger partial charge in [-0.2, -0.15) is 0 Å². The van der Waals surface area contributed by atoms with E-state index in [2.05, 4.69) is 194 Å². The molecule has 12 rings (SSSR count). The zero-order valence-corrected chi connectivity index (χ0v) is 40.0. The van der Waals surface area contributed by atoms with Gasteiger partial charge in [0, 0.05) is 79.3 Å². The lowest BCUT2D eigenvalue weighted by atomic mass is 9.58. The van der Waals surface area contributed by atoms with Crippen molar-refractivity contribution in [2.45, 2.75) is 104 Å². The van der Waals surface area contributed by atoms with Crippen molar-refractivity contribution in [1.29, 1.82) is 0 Å². The van der Waals surface area contributed by atoms with Crippen LogP contribution in [-0.4, -0.2) is 11.8 Å². The molecule has 0 saturated heterocycles. The third-order valence-electron chi connectivity index (χ3n) is 15.0. The Hall–Kier alpha value is -5.36. The predicted octanol–water partition coefficient (Wildman–Crippen LogP) is 15.6. The standard InChI is InChI=1S/C58H55BN2S2/c1-55(2,3)32-19-22-34(23-20-32)60-43-30-41-40(57(7,8)25-26-58(41,9)10)28-38(43)51-52-53-49(50-36-16-12-14-18-47(36)63-54(50)51)39-27-33(56(4,5)6)21-24-44(39)61(53)45-29-37-35-15-11-13-17-46(35)62-48(37)31-42(45)59-52/h11-24,27-31,59-60H,25-26H2,1-10H3. The number of aromatic nitrogens is 1. The second kappa shape index (κ2) is 13.1. The van der Waals surface area contributed by atoms with Crippen LogP contribution in [0.3, 0.4) is 0 Å². The summed E-state index contributed by atoms with van der Waals surface area (Å²) in [4.78, 5) is 0. The van der Waals surface area contributed by atoms with Gasteiger partial charge in [-0.1, -0.05) is 129 Å². The van der Waals surface area contributed by atoms with Gasteiger partial charge in [0.2, 0.25) is 0 Å². The van der Waals surface area contributed by atoms with Crippen LogP contribution in [0.15, 0.2) is 115 Å². The van der Waals surface area contributed by atoms with Crippen molar-refractivity contribution >= 4 is 114 Å². The van der Waals surface area contributed by atoms with Crippen LogP contribution in [-0.2, 0) is 21.7 Å². The van der Waals surface area contributed by atoms with E-state index < -0.39 is 0 Å². The lowest BCUT2D eigenvalue weighted by Crippen LogP contribution is -2.37. The van der Waals surface area contributed by atoms with Gasteiger partial charge < -0.3 is 9.88 Å². The summed E-state index contributed by atoms with van der Waals surface area (Å²) in [5.41, 5.74) is 17.7. The quantitative estimate of drug-likeness (QED) is 0.175. The molecule has 0 bridgehead atoms. The van der Waals surface area contributed by atoms with Crippen molar-refractivity contribution in [3.8, 4) is 16.8 Å². The molecule has 312 valence electrons. The highest BCUT2D eigenvalue weighted by atomic mass is 32.1. The van der Waals surface area contributed by atoms with E-state index in [1.54, 1.807) is 0 Å². The molecule has 1 N–H and O–H groups in total. The topological polar surface area (TPSA) is 17.0 Å². The third-order valence-corrected chi connectivity index (χ3v) is 17.3. The molecule has 0 amide bonds. The van der Waals surface area contributed by atoms with Crippen molar-refractivity contribution in [3.05, 3.63) is 138 Å². The summed E-state index contributed by atoms with van der Waals surface area (Å²) >= 11 is 3.92. The van der Waals surface area contributed by atoms with Crippen molar-refractivity contribution in [3.63, 3.8) is 0 Å². The Labute approximate surface area is 380 Å². The highest BCUT2D eigenvalue weighted by Gasteiger charge is 2.39. The van der Waals surface area contributed by atoms with Gasteiger partial charge in [-0.05, 0) is 128 Å². The molecule has 5 heteroatoms. The number of anilines is 2. The van der Waals surface area contributed by atoms with Gasteiger partial charge in [0.05, 0.1) is 5.52 Å². The Morgan fingerprint density at radius 1 is 0.587 bits per heavy atom. The molecule has 0 spiro atoms. The normalized spacial score (nSPS) is 15.7. The Kier molecular flexibility index (Phi) is 8.17. The average Bonchev–Trinajstić information content (AvgIpc) is 3.91. The molecule has 7 aromatic carbocycles. The molecule has 1 aliphatic carbocycles. The van der Waals surface area contributed by atoms with Crippen molar-refractivity contribution < 1.29 is 0 Å². The summed E-state index contributed by atoms with van der Waals surface area (Å²) in [6.07, 6.45) is 2.34. The number of hydrogen-bond donors (Lipinski definition) is 1.